The van der Waals surface area contributed by atoms with E-state index in [1.54, 1.807) is 12.1 Å². The highest BCUT2D eigenvalue weighted by atomic mass is 15.0. The molecule has 0 amide bonds. The molecule has 2 aliphatic rings. The molecule has 5 nitrogen and oxygen atoms in total. The van der Waals surface area contributed by atoms with Crippen LogP contribution in [0, 0.1) is 11.3 Å². The van der Waals surface area contributed by atoms with Gasteiger partial charge in [-0.25, -0.2) is 15.0 Å². The Morgan fingerprint density at radius 1 is 0.491 bits per heavy atom. The minimum Gasteiger partial charge on any atom is -0.309 e. The molecule has 2 heterocycles. The minimum atomic E-state index is -0.198. The molecule has 0 radical (unpaired) electrons. The summed E-state index contributed by atoms with van der Waals surface area (Å²) in [6.45, 7) is 9.65. The molecule has 0 unspecified atom stereocenters. The highest BCUT2D eigenvalue weighted by Gasteiger charge is 2.48. The van der Waals surface area contributed by atoms with Crippen molar-refractivity contribution in [2.75, 3.05) is 0 Å². The van der Waals surface area contributed by atoms with E-state index in [9.17, 15) is 5.26 Å². The first-order chi connectivity index (χ1) is 27.8. The standard InChI is InChI=1S/C52H37N5/c1-51(2)39-19-11-8-16-36(39)42-43-38-18-10-13-21-41(38)57(47(43)44-37-17-9-12-20-40(37)52(3,4)46(44)45(42)51)35-28-26-34(27-29-35)50-55-48(32-14-6-5-7-15-32)54-49(56-50)33-24-22-31(30-53)23-25-33/h5-29H,1-4H3. The van der Waals surface area contributed by atoms with Crippen LogP contribution in [0.25, 0.3) is 83.9 Å². The molecule has 0 aliphatic heterocycles. The van der Waals surface area contributed by atoms with Crippen molar-refractivity contribution in [1.29, 1.82) is 5.26 Å². The van der Waals surface area contributed by atoms with E-state index in [0.29, 0.717) is 23.0 Å². The summed E-state index contributed by atoms with van der Waals surface area (Å²) in [5.74, 6) is 1.74. The van der Waals surface area contributed by atoms with Gasteiger partial charge in [0, 0.05) is 49.5 Å². The molecule has 0 saturated heterocycles. The first-order valence-electron chi connectivity index (χ1n) is 19.5. The normalized spacial score (nSPS) is 14.2. The minimum absolute atomic E-state index is 0.172. The fourth-order valence-corrected chi connectivity index (χ4v) is 9.84. The van der Waals surface area contributed by atoms with E-state index in [1.807, 2.05) is 42.5 Å². The lowest BCUT2D eigenvalue weighted by molar-refractivity contribution is 0.602. The molecule has 0 saturated carbocycles. The maximum Gasteiger partial charge on any atom is 0.164 e. The lowest BCUT2D eigenvalue weighted by atomic mass is 9.72. The zero-order valence-electron chi connectivity index (χ0n) is 32.2. The molecule has 2 aliphatic carbocycles. The molecular formula is C52H37N5. The fourth-order valence-electron chi connectivity index (χ4n) is 9.84. The topological polar surface area (TPSA) is 67.4 Å². The van der Waals surface area contributed by atoms with E-state index >= 15 is 0 Å². The van der Waals surface area contributed by atoms with Crippen molar-refractivity contribution in [2.45, 2.75) is 38.5 Å². The van der Waals surface area contributed by atoms with Crippen LogP contribution in [0.2, 0.25) is 0 Å². The van der Waals surface area contributed by atoms with E-state index in [1.165, 1.54) is 66.3 Å². The Balaban J connectivity index is 1.17. The second-order valence-electron chi connectivity index (χ2n) is 16.3. The van der Waals surface area contributed by atoms with Crippen molar-refractivity contribution in [3.8, 4) is 68.2 Å². The van der Waals surface area contributed by atoms with Gasteiger partial charge in [0.15, 0.2) is 17.5 Å². The van der Waals surface area contributed by atoms with Gasteiger partial charge < -0.3 is 4.57 Å². The molecule has 0 bridgehead atoms. The lowest BCUT2D eigenvalue weighted by Gasteiger charge is -2.31. The third-order valence-corrected chi connectivity index (χ3v) is 12.4. The second kappa shape index (κ2) is 11.9. The molecule has 11 rings (SSSR count). The Kier molecular flexibility index (Phi) is 6.94. The number of fused-ring (bicyclic) bond motifs is 12. The monoisotopic (exact) mass is 731 g/mol. The Labute approximate surface area is 331 Å². The number of hydrogen-bond donors (Lipinski definition) is 0. The van der Waals surface area contributed by atoms with Crippen LogP contribution in [0.4, 0.5) is 0 Å². The number of nitriles is 1. The maximum atomic E-state index is 9.41. The molecular weight excluding hydrogens is 695 g/mol. The van der Waals surface area contributed by atoms with Gasteiger partial charge >= 0.3 is 0 Å². The third-order valence-electron chi connectivity index (χ3n) is 12.4. The average molecular weight is 732 g/mol. The summed E-state index contributed by atoms with van der Waals surface area (Å²) in [5, 5.41) is 12.0. The van der Waals surface area contributed by atoms with Gasteiger partial charge in [0.25, 0.3) is 0 Å². The van der Waals surface area contributed by atoms with Crippen LogP contribution in [0.3, 0.4) is 0 Å². The van der Waals surface area contributed by atoms with Gasteiger partial charge in [-0.15, -0.1) is 0 Å². The SMILES string of the molecule is CC1(C)c2ccccc2-c2c1c1c(c3c2c2ccccc2n3-c2ccc(-c3nc(-c4ccccc4)nc(-c4ccc(C#N)cc4)n3)cc2)-c2ccccc2C1(C)C. The van der Waals surface area contributed by atoms with Gasteiger partial charge in [-0.2, -0.15) is 5.26 Å². The number of benzene rings is 7. The smallest absolute Gasteiger partial charge is 0.164 e. The molecule has 7 aromatic carbocycles. The number of hydrogen-bond acceptors (Lipinski definition) is 4. The molecule has 9 aromatic rings. The van der Waals surface area contributed by atoms with Gasteiger partial charge in [-0.1, -0.05) is 125 Å². The summed E-state index contributed by atoms with van der Waals surface area (Å²) in [7, 11) is 0. The van der Waals surface area contributed by atoms with Crippen LogP contribution in [-0.2, 0) is 10.8 Å². The Morgan fingerprint density at radius 2 is 0.965 bits per heavy atom. The first kappa shape index (κ1) is 33.2. The van der Waals surface area contributed by atoms with Gasteiger partial charge in [0.05, 0.1) is 22.7 Å². The van der Waals surface area contributed by atoms with Crippen LogP contribution < -0.4 is 0 Å². The van der Waals surface area contributed by atoms with Crippen molar-refractivity contribution in [3.63, 3.8) is 0 Å². The van der Waals surface area contributed by atoms with Crippen LogP contribution in [0.1, 0.15) is 55.5 Å². The fraction of sp³-hybridized carbons (Fsp3) is 0.115. The highest BCUT2D eigenvalue weighted by Crippen LogP contribution is 2.63. The Morgan fingerprint density at radius 3 is 1.56 bits per heavy atom. The summed E-state index contributed by atoms with van der Waals surface area (Å²) in [6.07, 6.45) is 0. The maximum absolute atomic E-state index is 9.41. The van der Waals surface area contributed by atoms with Gasteiger partial charge in [-0.05, 0) is 93.5 Å². The van der Waals surface area contributed by atoms with Crippen molar-refractivity contribution < 1.29 is 0 Å². The summed E-state index contributed by atoms with van der Waals surface area (Å²) in [6, 6.07) is 55.2. The van der Waals surface area contributed by atoms with E-state index in [0.717, 1.165) is 22.4 Å². The Hall–Kier alpha value is -7.16. The zero-order chi connectivity index (χ0) is 38.6. The lowest BCUT2D eigenvalue weighted by Crippen LogP contribution is -2.24. The van der Waals surface area contributed by atoms with Crippen LogP contribution in [-0.4, -0.2) is 19.5 Å². The van der Waals surface area contributed by atoms with E-state index < -0.39 is 0 Å². The Bertz CT molecular complexity index is 3160. The molecule has 5 heteroatoms. The van der Waals surface area contributed by atoms with E-state index in [4.69, 9.17) is 15.0 Å². The summed E-state index contributed by atoms with van der Waals surface area (Å²) < 4.78 is 2.49. The summed E-state index contributed by atoms with van der Waals surface area (Å²) in [4.78, 5) is 14.9. The second-order valence-corrected chi connectivity index (χ2v) is 16.3. The molecule has 0 fully saturated rings. The van der Waals surface area contributed by atoms with Gasteiger partial charge in [0.2, 0.25) is 0 Å². The van der Waals surface area contributed by atoms with Crippen molar-refractivity contribution in [2.24, 2.45) is 0 Å². The summed E-state index contributed by atoms with van der Waals surface area (Å²) in [5.41, 5.74) is 17.3. The van der Waals surface area contributed by atoms with Gasteiger partial charge in [0.1, 0.15) is 0 Å². The van der Waals surface area contributed by atoms with Crippen molar-refractivity contribution in [3.05, 3.63) is 179 Å². The number of rotatable bonds is 4. The summed E-state index contributed by atoms with van der Waals surface area (Å²) >= 11 is 0. The van der Waals surface area contributed by atoms with Crippen molar-refractivity contribution in [1.82, 2.24) is 19.5 Å². The molecule has 270 valence electrons. The van der Waals surface area contributed by atoms with Crippen LogP contribution in [0.5, 0.6) is 0 Å². The van der Waals surface area contributed by atoms with E-state index in [2.05, 4.69) is 135 Å². The number of para-hydroxylation sites is 1. The molecule has 0 spiro atoms. The predicted octanol–water partition coefficient (Wildman–Crippen LogP) is 12.5. The van der Waals surface area contributed by atoms with Crippen LogP contribution in [0.15, 0.2) is 152 Å². The first-order valence-corrected chi connectivity index (χ1v) is 19.5. The van der Waals surface area contributed by atoms with Crippen LogP contribution >= 0.6 is 0 Å². The molecule has 57 heavy (non-hydrogen) atoms. The van der Waals surface area contributed by atoms with Gasteiger partial charge in [-0.3, -0.25) is 0 Å². The van der Waals surface area contributed by atoms with E-state index in [-0.39, 0.29) is 10.8 Å². The molecule has 0 N–H and O–H groups in total. The third kappa shape index (κ3) is 4.65. The number of aromatic nitrogens is 4. The quantitative estimate of drug-likeness (QED) is 0.181. The molecule has 2 aromatic heterocycles. The average Bonchev–Trinajstić information content (AvgIpc) is 3.81. The predicted molar refractivity (Wildman–Crippen MR) is 230 cm³/mol. The zero-order valence-corrected chi connectivity index (χ0v) is 32.2. The van der Waals surface area contributed by atoms with Crippen molar-refractivity contribution >= 4 is 21.8 Å². The highest BCUT2D eigenvalue weighted by molar-refractivity contribution is 6.23. The largest absolute Gasteiger partial charge is 0.309 e. The number of nitrogens with zero attached hydrogens (tertiary/aromatic N) is 5. The molecule has 0 atom stereocenters.